The topological polar surface area (TPSA) is 0 Å². The van der Waals surface area contributed by atoms with E-state index in [2.05, 4.69) is 148 Å². The van der Waals surface area contributed by atoms with Crippen LogP contribution in [0.4, 0.5) is 0 Å². The molecule has 0 N–H and O–H groups in total. The van der Waals surface area contributed by atoms with Crippen LogP contribution < -0.4 is 0 Å². The Bertz CT molecular complexity index is 1760. The third kappa shape index (κ3) is 5.18. The summed E-state index contributed by atoms with van der Waals surface area (Å²) in [5, 5.41) is 8.04. The second-order valence-corrected chi connectivity index (χ2v) is 11.5. The van der Waals surface area contributed by atoms with Gasteiger partial charge in [-0.05, 0) is 66.2 Å². The summed E-state index contributed by atoms with van der Waals surface area (Å²) in [4.78, 5) is 0. The van der Waals surface area contributed by atoms with Gasteiger partial charge in [-0.2, -0.15) is 11.8 Å². The maximum atomic E-state index is 4.43. The number of hydrogen-bond donors (Lipinski definition) is 0. The molecule has 2 heteroatoms. The fourth-order valence-electron chi connectivity index (χ4n) is 5.59. The van der Waals surface area contributed by atoms with Crippen LogP contribution in [0.5, 0.6) is 0 Å². The van der Waals surface area contributed by atoms with Crippen LogP contribution in [0.25, 0.3) is 49.0 Å². The van der Waals surface area contributed by atoms with E-state index in [0.29, 0.717) is 5.15 Å². The molecule has 6 rings (SSSR count). The van der Waals surface area contributed by atoms with Gasteiger partial charge >= 0.3 is 0 Å². The molecule has 0 nitrogen and oxygen atoms in total. The van der Waals surface area contributed by atoms with Crippen LogP contribution in [0.3, 0.4) is 0 Å². The van der Waals surface area contributed by atoms with Crippen molar-refractivity contribution in [1.29, 1.82) is 0 Å². The minimum absolute atomic E-state index is 0.406. The monoisotopic (exact) mass is 518 g/mol. The van der Waals surface area contributed by atoms with Gasteiger partial charge in [-0.15, -0.1) is 0 Å². The molecule has 0 bridgehead atoms. The fourth-order valence-corrected chi connectivity index (χ4v) is 6.31. The van der Waals surface area contributed by atoms with Gasteiger partial charge in [0.05, 0.1) is 0 Å². The average Bonchev–Trinajstić information content (AvgIpc) is 2.98. The lowest BCUT2D eigenvalue weighted by molar-refractivity contribution is 1.30. The third-order valence-electron chi connectivity index (χ3n) is 7.40. The van der Waals surface area contributed by atoms with E-state index in [-0.39, 0.29) is 0 Å². The van der Waals surface area contributed by atoms with Gasteiger partial charge in [0.15, 0.2) is 0 Å². The smallest absolute Gasteiger partial charge is 0.123 e. The van der Waals surface area contributed by atoms with Crippen molar-refractivity contribution in [3.05, 3.63) is 151 Å². The summed E-state index contributed by atoms with van der Waals surface area (Å²) >= 11 is 1.95. The van der Waals surface area contributed by atoms with Crippen LogP contribution in [0.15, 0.2) is 146 Å². The zero-order chi connectivity index (χ0) is 26.6. The van der Waals surface area contributed by atoms with E-state index in [1.807, 2.05) is 11.8 Å². The Morgan fingerprint density at radius 3 is 1.97 bits per heavy atom. The zero-order valence-electron chi connectivity index (χ0n) is 22.3. The predicted octanol–water partition coefficient (Wildman–Crippen LogP) is 9.52. The minimum Gasteiger partial charge on any atom is -0.159 e. The number of benzene rings is 5. The first-order valence-corrected chi connectivity index (χ1v) is 14.7. The number of fused-ring (bicyclic) bond motifs is 3. The summed E-state index contributed by atoms with van der Waals surface area (Å²) < 4.78 is 0. The lowest BCUT2D eigenvalue weighted by Gasteiger charge is -2.19. The van der Waals surface area contributed by atoms with Crippen molar-refractivity contribution in [2.24, 2.45) is 0 Å². The molecular formula is C37H31BS. The molecule has 0 fully saturated rings. The van der Waals surface area contributed by atoms with Gasteiger partial charge in [0, 0.05) is 5.75 Å². The molecule has 1 heterocycles. The first-order valence-electron chi connectivity index (χ1n) is 13.6. The SMILES string of the molecule is BC1/C=C\C(c2c3ccccc3c(-c3cccc4ccccc34)c3ccccc23)=C/C(=C)C/C=C\C=C/CS1. The first-order chi connectivity index (χ1) is 19.2. The van der Waals surface area contributed by atoms with E-state index < -0.39 is 0 Å². The summed E-state index contributed by atoms with van der Waals surface area (Å²) in [6, 6.07) is 33.2. The molecule has 0 saturated heterocycles. The number of thioether (sulfide) groups is 1. The lowest BCUT2D eigenvalue weighted by Crippen LogP contribution is -1.98. The highest BCUT2D eigenvalue weighted by Crippen LogP contribution is 2.44. The highest BCUT2D eigenvalue weighted by atomic mass is 32.2. The standard InChI is InChI=1S/C37H31BS/c1-26-13-4-2-3-11-24-39-35(38)23-22-28(25-26)36-31-17-7-9-19-33(31)37(34-20-10-8-18-32(34)36)30-21-12-15-27-14-5-6-16-29(27)30/h2-12,14-23,25,35H,1,13,24,38H2/b4-2-,11-3-,23-22-,28-25+. The normalized spacial score (nSPS) is 20.5. The lowest BCUT2D eigenvalue weighted by atomic mass is 9.84. The third-order valence-corrected chi connectivity index (χ3v) is 8.47. The van der Waals surface area contributed by atoms with Crippen molar-refractivity contribution < 1.29 is 0 Å². The molecule has 1 aliphatic heterocycles. The van der Waals surface area contributed by atoms with Gasteiger partial charge in [0.1, 0.15) is 7.85 Å². The van der Waals surface area contributed by atoms with Crippen molar-refractivity contribution in [3.8, 4) is 11.1 Å². The van der Waals surface area contributed by atoms with Crippen LogP contribution in [0, 0.1) is 0 Å². The molecule has 0 amide bonds. The van der Waals surface area contributed by atoms with Gasteiger partial charge in [0.2, 0.25) is 0 Å². The molecule has 0 radical (unpaired) electrons. The van der Waals surface area contributed by atoms with Gasteiger partial charge in [-0.3, -0.25) is 0 Å². The molecule has 0 aliphatic carbocycles. The van der Waals surface area contributed by atoms with Crippen LogP contribution in [0.1, 0.15) is 12.0 Å². The molecule has 1 atom stereocenters. The Morgan fingerprint density at radius 1 is 0.667 bits per heavy atom. The predicted molar refractivity (Wildman–Crippen MR) is 178 cm³/mol. The molecular weight excluding hydrogens is 487 g/mol. The minimum atomic E-state index is 0.406. The quantitative estimate of drug-likeness (QED) is 0.166. The zero-order valence-corrected chi connectivity index (χ0v) is 23.1. The molecule has 5 aromatic rings. The van der Waals surface area contributed by atoms with Crippen LogP contribution in [-0.2, 0) is 0 Å². The van der Waals surface area contributed by atoms with E-state index in [4.69, 9.17) is 0 Å². The highest BCUT2D eigenvalue weighted by Gasteiger charge is 2.18. The van der Waals surface area contributed by atoms with Gasteiger partial charge < -0.3 is 0 Å². The molecule has 5 aromatic carbocycles. The molecule has 0 spiro atoms. The number of rotatable bonds is 2. The fraction of sp³-hybridized carbons (Fsp3) is 0.0811. The Hall–Kier alpha value is -4.01. The maximum Gasteiger partial charge on any atom is 0.123 e. The largest absolute Gasteiger partial charge is 0.159 e. The van der Waals surface area contributed by atoms with Crippen molar-refractivity contribution in [2.75, 3.05) is 5.75 Å². The Morgan fingerprint density at radius 2 is 1.26 bits per heavy atom. The number of hydrogen-bond acceptors (Lipinski definition) is 1. The van der Waals surface area contributed by atoms with Crippen molar-refractivity contribution in [3.63, 3.8) is 0 Å². The summed E-state index contributed by atoms with van der Waals surface area (Å²) in [5.41, 5.74) is 6.16. The number of allylic oxidation sites excluding steroid dienone is 7. The summed E-state index contributed by atoms with van der Waals surface area (Å²) in [6.45, 7) is 4.43. The van der Waals surface area contributed by atoms with Crippen molar-refractivity contribution in [1.82, 2.24) is 0 Å². The highest BCUT2D eigenvalue weighted by molar-refractivity contribution is 8.01. The van der Waals surface area contributed by atoms with Crippen LogP contribution in [0.2, 0.25) is 0 Å². The van der Waals surface area contributed by atoms with Gasteiger partial charge in [0.25, 0.3) is 0 Å². The van der Waals surface area contributed by atoms with E-state index in [1.54, 1.807) is 0 Å². The molecule has 0 aromatic heterocycles. The van der Waals surface area contributed by atoms with E-state index in [0.717, 1.165) is 17.7 Å². The first kappa shape index (κ1) is 25.3. The van der Waals surface area contributed by atoms with E-state index >= 15 is 0 Å². The van der Waals surface area contributed by atoms with Crippen LogP contribution in [-0.4, -0.2) is 18.7 Å². The summed E-state index contributed by atoms with van der Waals surface area (Å²) in [7, 11) is 2.27. The second-order valence-electron chi connectivity index (χ2n) is 10.1. The second kappa shape index (κ2) is 11.4. The Kier molecular flexibility index (Phi) is 7.39. The molecule has 1 unspecified atom stereocenters. The Balaban J connectivity index is 1.67. The van der Waals surface area contributed by atoms with Crippen molar-refractivity contribution >= 4 is 57.5 Å². The van der Waals surface area contributed by atoms with E-state index in [1.165, 1.54) is 54.6 Å². The van der Waals surface area contributed by atoms with Gasteiger partial charge in [-0.25, -0.2) is 0 Å². The molecule has 0 saturated carbocycles. The molecule has 1 aliphatic rings. The average molecular weight is 519 g/mol. The summed E-state index contributed by atoms with van der Waals surface area (Å²) in [6.07, 6.45) is 16.5. The van der Waals surface area contributed by atoms with Crippen molar-refractivity contribution in [2.45, 2.75) is 11.6 Å². The Labute approximate surface area is 236 Å². The molecule has 188 valence electrons. The maximum absolute atomic E-state index is 4.43. The summed E-state index contributed by atoms with van der Waals surface area (Å²) in [5.74, 6) is 1.00. The van der Waals surface area contributed by atoms with Gasteiger partial charge in [-0.1, -0.05) is 146 Å². The van der Waals surface area contributed by atoms with E-state index in [9.17, 15) is 0 Å². The van der Waals surface area contributed by atoms with Crippen LogP contribution >= 0.6 is 11.8 Å². The molecule has 39 heavy (non-hydrogen) atoms.